The first-order valence-corrected chi connectivity index (χ1v) is 21.9. The summed E-state index contributed by atoms with van der Waals surface area (Å²) in [7, 11) is 0. The monoisotopic (exact) mass is 798 g/mol. The molecule has 1 aliphatic heterocycles. The first-order chi connectivity index (χ1) is 30.4. The van der Waals surface area contributed by atoms with Crippen LogP contribution in [0.2, 0.25) is 0 Å². The van der Waals surface area contributed by atoms with Gasteiger partial charge in [0, 0.05) is 28.4 Å². The van der Waals surface area contributed by atoms with Crippen LogP contribution in [0.15, 0.2) is 199 Å². The number of aromatic nitrogens is 1. The second-order valence-electron chi connectivity index (χ2n) is 16.6. The summed E-state index contributed by atoms with van der Waals surface area (Å²) in [6.07, 6.45) is 4.05. The molecule has 0 saturated heterocycles. The molecule has 0 saturated carbocycles. The Kier molecular flexibility index (Phi) is 10.2. The molecule has 0 radical (unpaired) electrons. The molecule has 2 heterocycles. The zero-order chi connectivity index (χ0) is 42.3. The Bertz CT molecular complexity index is 3190. The van der Waals surface area contributed by atoms with E-state index in [1.54, 1.807) is 0 Å². The Morgan fingerprint density at radius 1 is 0.435 bits per heavy atom. The fourth-order valence-corrected chi connectivity index (χ4v) is 9.83. The van der Waals surface area contributed by atoms with Crippen molar-refractivity contribution in [1.82, 2.24) is 4.57 Å². The Morgan fingerprint density at radius 2 is 0.919 bits per heavy atom. The minimum absolute atomic E-state index is 0.764. The van der Waals surface area contributed by atoms with E-state index in [2.05, 4.69) is 227 Å². The molecule has 62 heavy (non-hydrogen) atoms. The van der Waals surface area contributed by atoms with Gasteiger partial charge < -0.3 is 4.57 Å². The Hall–Kier alpha value is -7.29. The second kappa shape index (κ2) is 16.3. The van der Waals surface area contributed by atoms with E-state index in [4.69, 9.17) is 4.99 Å². The number of allylic oxidation sites excluding steroid dienone is 3. The minimum Gasteiger partial charge on any atom is -0.309 e. The SMILES string of the molecule is CCC1=C(c2ccccc2)N=C(c2ccc(-c3c(C)c(C)c(-c4ccc(-c5ccc6c(c5)c5ccccc5n6-c5ccccc5)cc4)c(C)c3C)cc2)CC=C1c1ccccc1. The molecular formula is C60H50N2. The van der Waals surface area contributed by atoms with Gasteiger partial charge in [-0.15, -0.1) is 0 Å². The number of aliphatic imine (C=N–C) groups is 1. The van der Waals surface area contributed by atoms with Crippen LogP contribution in [-0.4, -0.2) is 10.3 Å². The van der Waals surface area contributed by atoms with Gasteiger partial charge in [0.25, 0.3) is 0 Å². The molecular weight excluding hydrogens is 749 g/mol. The van der Waals surface area contributed by atoms with E-state index in [0.29, 0.717) is 0 Å². The van der Waals surface area contributed by atoms with Crippen LogP contribution in [-0.2, 0) is 0 Å². The van der Waals surface area contributed by atoms with E-state index in [0.717, 1.165) is 35.4 Å². The average molecular weight is 799 g/mol. The van der Waals surface area contributed by atoms with Crippen molar-refractivity contribution in [3.8, 4) is 39.1 Å². The highest BCUT2D eigenvalue weighted by Gasteiger charge is 2.21. The summed E-state index contributed by atoms with van der Waals surface area (Å²) in [5.41, 5.74) is 24.8. The Morgan fingerprint density at radius 3 is 1.52 bits per heavy atom. The molecule has 9 aromatic rings. The van der Waals surface area contributed by atoms with Crippen LogP contribution < -0.4 is 0 Å². The average Bonchev–Trinajstić information content (AvgIpc) is 3.52. The van der Waals surface area contributed by atoms with Gasteiger partial charge in [-0.3, -0.25) is 4.99 Å². The molecule has 2 heteroatoms. The molecule has 2 nitrogen and oxygen atoms in total. The minimum atomic E-state index is 0.764. The van der Waals surface area contributed by atoms with Gasteiger partial charge in [-0.05, 0) is 142 Å². The van der Waals surface area contributed by atoms with E-state index in [-0.39, 0.29) is 0 Å². The molecule has 0 fully saturated rings. The molecule has 0 bridgehead atoms. The molecule has 300 valence electrons. The van der Waals surface area contributed by atoms with E-state index in [9.17, 15) is 0 Å². The third kappa shape index (κ3) is 6.82. The normalized spacial score (nSPS) is 13.0. The number of fused-ring (bicyclic) bond motifs is 3. The molecule has 0 amide bonds. The van der Waals surface area contributed by atoms with Crippen molar-refractivity contribution in [3.05, 3.63) is 233 Å². The fraction of sp³-hybridized carbons (Fsp3) is 0.117. The summed E-state index contributed by atoms with van der Waals surface area (Å²) in [6, 6.07) is 66.1. The lowest BCUT2D eigenvalue weighted by molar-refractivity contribution is 1.15. The highest BCUT2D eigenvalue weighted by atomic mass is 15.0. The van der Waals surface area contributed by atoms with Crippen molar-refractivity contribution < 1.29 is 0 Å². The third-order valence-corrected chi connectivity index (χ3v) is 13.2. The predicted molar refractivity (Wildman–Crippen MR) is 265 cm³/mol. The van der Waals surface area contributed by atoms with Gasteiger partial charge in [0.05, 0.1) is 22.4 Å². The molecule has 0 spiro atoms. The zero-order valence-electron chi connectivity index (χ0n) is 36.2. The summed E-state index contributed by atoms with van der Waals surface area (Å²) < 4.78 is 2.37. The number of benzene rings is 8. The summed E-state index contributed by atoms with van der Waals surface area (Å²) in [6.45, 7) is 11.4. The maximum Gasteiger partial charge on any atom is 0.0743 e. The first kappa shape index (κ1) is 38.9. The predicted octanol–water partition coefficient (Wildman–Crippen LogP) is 16.1. The van der Waals surface area contributed by atoms with Crippen molar-refractivity contribution in [2.75, 3.05) is 0 Å². The number of hydrogen-bond acceptors (Lipinski definition) is 1. The highest BCUT2D eigenvalue weighted by Crippen LogP contribution is 2.42. The Labute approximate surface area is 365 Å². The molecule has 8 aromatic carbocycles. The van der Waals surface area contributed by atoms with E-state index in [1.807, 2.05) is 0 Å². The molecule has 1 aliphatic rings. The highest BCUT2D eigenvalue weighted by molar-refractivity contribution is 6.11. The molecule has 0 atom stereocenters. The van der Waals surface area contributed by atoms with Crippen LogP contribution in [0.25, 0.3) is 72.1 Å². The lowest BCUT2D eigenvalue weighted by atomic mass is 9.83. The van der Waals surface area contributed by atoms with Crippen LogP contribution in [0.4, 0.5) is 0 Å². The van der Waals surface area contributed by atoms with Gasteiger partial charge >= 0.3 is 0 Å². The van der Waals surface area contributed by atoms with E-state index < -0.39 is 0 Å². The maximum absolute atomic E-state index is 5.46. The second-order valence-corrected chi connectivity index (χ2v) is 16.6. The van der Waals surface area contributed by atoms with Gasteiger partial charge in [0.2, 0.25) is 0 Å². The lowest BCUT2D eigenvalue weighted by Gasteiger charge is -2.21. The van der Waals surface area contributed by atoms with Gasteiger partial charge in [-0.25, -0.2) is 0 Å². The molecule has 10 rings (SSSR count). The van der Waals surface area contributed by atoms with Gasteiger partial charge in [-0.1, -0.05) is 165 Å². The standard InChI is InChI=1S/C60H50N2/c1-6-51-52(44-18-10-7-11-19-44)35-36-55(61-60(51)48-20-12-8-13-21-48)45-28-32-47(33-29-45)59-41(4)39(2)58(40(3)42(59)5)46-30-26-43(27-31-46)49-34-37-57-54(38-49)53-24-16-17-25-56(53)62(57)50-22-14-9-15-23-50/h7-35,37-38H,6,36H2,1-5H3. The fourth-order valence-electron chi connectivity index (χ4n) is 9.83. The molecule has 1 aromatic heterocycles. The van der Waals surface area contributed by atoms with Crippen molar-refractivity contribution in [2.45, 2.75) is 47.5 Å². The number of rotatable bonds is 8. The van der Waals surface area contributed by atoms with Crippen molar-refractivity contribution >= 4 is 38.8 Å². The number of hydrogen-bond donors (Lipinski definition) is 0. The topological polar surface area (TPSA) is 17.3 Å². The summed E-state index contributed by atoms with van der Waals surface area (Å²) in [5, 5.41) is 2.53. The Balaban J connectivity index is 0.968. The quantitative estimate of drug-likeness (QED) is 0.146. The third-order valence-electron chi connectivity index (χ3n) is 13.2. The van der Waals surface area contributed by atoms with Crippen LogP contribution >= 0.6 is 0 Å². The van der Waals surface area contributed by atoms with Crippen LogP contribution in [0.3, 0.4) is 0 Å². The van der Waals surface area contributed by atoms with E-state index in [1.165, 1.54) is 99.8 Å². The smallest absolute Gasteiger partial charge is 0.0743 e. The van der Waals surface area contributed by atoms with E-state index >= 15 is 0 Å². The molecule has 0 unspecified atom stereocenters. The summed E-state index contributed by atoms with van der Waals surface area (Å²) >= 11 is 0. The number of para-hydroxylation sites is 2. The summed E-state index contributed by atoms with van der Waals surface area (Å²) in [5.74, 6) is 0. The van der Waals surface area contributed by atoms with Crippen LogP contribution in [0.1, 0.15) is 58.7 Å². The maximum atomic E-state index is 5.46. The van der Waals surface area contributed by atoms with Crippen molar-refractivity contribution in [3.63, 3.8) is 0 Å². The van der Waals surface area contributed by atoms with Crippen molar-refractivity contribution in [2.24, 2.45) is 4.99 Å². The largest absolute Gasteiger partial charge is 0.309 e. The zero-order valence-corrected chi connectivity index (χ0v) is 36.2. The van der Waals surface area contributed by atoms with Gasteiger partial charge in [-0.2, -0.15) is 0 Å². The lowest BCUT2D eigenvalue weighted by Crippen LogP contribution is -2.02. The summed E-state index contributed by atoms with van der Waals surface area (Å²) in [4.78, 5) is 5.46. The molecule has 0 aliphatic carbocycles. The van der Waals surface area contributed by atoms with Gasteiger partial charge in [0.1, 0.15) is 0 Å². The van der Waals surface area contributed by atoms with Crippen LogP contribution in [0, 0.1) is 27.7 Å². The number of nitrogens with zero attached hydrogens (tertiary/aromatic N) is 2. The first-order valence-electron chi connectivity index (χ1n) is 21.9. The molecule has 0 N–H and O–H groups in total. The van der Waals surface area contributed by atoms with Crippen LogP contribution in [0.5, 0.6) is 0 Å². The van der Waals surface area contributed by atoms with Crippen molar-refractivity contribution in [1.29, 1.82) is 0 Å². The van der Waals surface area contributed by atoms with Gasteiger partial charge in [0.15, 0.2) is 0 Å².